The summed E-state index contributed by atoms with van der Waals surface area (Å²) in [5.74, 6) is 0.578. The maximum Gasteiger partial charge on any atom is 0.267 e. The van der Waals surface area contributed by atoms with Gasteiger partial charge in [0, 0.05) is 16.7 Å². The highest BCUT2D eigenvalue weighted by atomic mass is 79.9. The second kappa shape index (κ2) is 6.07. The first kappa shape index (κ1) is 17.3. The second-order valence-corrected chi connectivity index (χ2v) is 9.00. The third-order valence-corrected chi connectivity index (χ3v) is 6.54. The number of ether oxygens (including phenoxy) is 1. The number of sulfonamides is 1. The van der Waals surface area contributed by atoms with Gasteiger partial charge in [0.15, 0.2) is 0 Å². The van der Waals surface area contributed by atoms with Crippen LogP contribution in [0.25, 0.3) is 0 Å². The molecule has 0 saturated carbocycles. The second-order valence-electron chi connectivity index (χ2n) is 6.28. The molecule has 0 bridgehead atoms. The van der Waals surface area contributed by atoms with Gasteiger partial charge in [-0.15, -0.1) is 0 Å². The van der Waals surface area contributed by atoms with Crippen LogP contribution in [-0.2, 0) is 10.0 Å². The lowest BCUT2D eigenvalue weighted by molar-refractivity contribution is 0.219. The first-order valence-corrected chi connectivity index (χ1v) is 9.97. The van der Waals surface area contributed by atoms with Crippen LogP contribution < -0.4 is 9.04 Å². The molecule has 1 atom stereocenters. The van der Waals surface area contributed by atoms with E-state index in [0.29, 0.717) is 11.4 Å². The molecule has 130 valence electrons. The average Bonchev–Trinajstić information content (AvgIpc) is 2.99. The Kier molecular flexibility index (Phi) is 4.37. The van der Waals surface area contributed by atoms with Crippen LogP contribution in [0.3, 0.4) is 0 Å². The standard InChI is InChI=1S/C16H20BrN3O3S/c1-10(2)19-9-13(7-18-19)24(21,22)20-8-12(4)23-16-5-11(3)14(17)6-15(16)20/h5-7,9-10,12H,8H2,1-4H3/t12-/m0/s1. The maximum absolute atomic E-state index is 13.1. The van der Waals surface area contributed by atoms with Crippen molar-refractivity contribution < 1.29 is 13.2 Å². The van der Waals surface area contributed by atoms with Gasteiger partial charge in [0.05, 0.1) is 18.4 Å². The number of fused-ring (bicyclic) bond motifs is 1. The molecule has 2 heterocycles. The van der Waals surface area contributed by atoms with Gasteiger partial charge in [0.2, 0.25) is 0 Å². The highest BCUT2D eigenvalue weighted by Crippen LogP contribution is 2.40. The molecular weight excluding hydrogens is 394 g/mol. The third kappa shape index (κ3) is 2.93. The van der Waals surface area contributed by atoms with E-state index in [0.717, 1.165) is 10.0 Å². The van der Waals surface area contributed by atoms with Gasteiger partial charge in [0.25, 0.3) is 10.0 Å². The van der Waals surface area contributed by atoms with E-state index in [2.05, 4.69) is 21.0 Å². The number of hydrogen-bond donors (Lipinski definition) is 0. The largest absolute Gasteiger partial charge is 0.487 e. The van der Waals surface area contributed by atoms with Crippen LogP contribution >= 0.6 is 15.9 Å². The van der Waals surface area contributed by atoms with Crippen molar-refractivity contribution in [1.29, 1.82) is 0 Å². The molecule has 0 saturated heterocycles. The molecule has 0 amide bonds. The molecule has 6 nitrogen and oxygen atoms in total. The zero-order chi connectivity index (χ0) is 17.6. The number of anilines is 1. The molecule has 0 N–H and O–H groups in total. The van der Waals surface area contributed by atoms with Crippen LogP contribution in [-0.4, -0.2) is 30.8 Å². The van der Waals surface area contributed by atoms with Crippen molar-refractivity contribution in [2.45, 2.75) is 44.7 Å². The minimum atomic E-state index is -3.70. The van der Waals surface area contributed by atoms with E-state index in [1.807, 2.05) is 33.8 Å². The Hall–Kier alpha value is -1.54. The molecule has 8 heteroatoms. The van der Waals surface area contributed by atoms with Crippen molar-refractivity contribution >= 4 is 31.6 Å². The van der Waals surface area contributed by atoms with E-state index >= 15 is 0 Å². The van der Waals surface area contributed by atoms with Crippen LogP contribution in [0.5, 0.6) is 5.75 Å². The topological polar surface area (TPSA) is 64.4 Å². The number of hydrogen-bond acceptors (Lipinski definition) is 4. The predicted molar refractivity (Wildman–Crippen MR) is 96.1 cm³/mol. The summed E-state index contributed by atoms with van der Waals surface area (Å²) in [5, 5.41) is 4.15. The normalized spacial score (nSPS) is 17.8. The fourth-order valence-electron chi connectivity index (χ4n) is 2.61. The first-order chi connectivity index (χ1) is 11.2. The highest BCUT2D eigenvalue weighted by molar-refractivity contribution is 9.10. The maximum atomic E-state index is 13.1. The van der Waals surface area contributed by atoms with Crippen LogP contribution in [0.2, 0.25) is 0 Å². The molecular formula is C16H20BrN3O3S. The van der Waals surface area contributed by atoms with Crippen LogP contribution in [0.4, 0.5) is 5.69 Å². The Morgan fingerprint density at radius 3 is 2.71 bits per heavy atom. The summed E-state index contributed by atoms with van der Waals surface area (Å²) in [4.78, 5) is 0.188. The minimum Gasteiger partial charge on any atom is -0.487 e. The van der Waals surface area contributed by atoms with Crippen molar-refractivity contribution in [3.63, 3.8) is 0 Å². The third-order valence-electron chi connectivity index (χ3n) is 3.95. The Bertz CT molecular complexity index is 877. The lowest BCUT2D eigenvalue weighted by atomic mass is 10.2. The van der Waals surface area contributed by atoms with Gasteiger partial charge < -0.3 is 4.74 Å². The van der Waals surface area contributed by atoms with E-state index in [9.17, 15) is 8.42 Å². The Morgan fingerprint density at radius 2 is 2.08 bits per heavy atom. The van der Waals surface area contributed by atoms with Gasteiger partial charge in [-0.2, -0.15) is 5.10 Å². The quantitative estimate of drug-likeness (QED) is 0.771. The number of rotatable bonds is 3. The fourth-order valence-corrected chi connectivity index (χ4v) is 4.43. The molecule has 1 aromatic carbocycles. The minimum absolute atomic E-state index is 0.0987. The van der Waals surface area contributed by atoms with Gasteiger partial charge in [0.1, 0.15) is 16.7 Å². The van der Waals surface area contributed by atoms with Crippen molar-refractivity contribution in [1.82, 2.24) is 9.78 Å². The van der Waals surface area contributed by atoms with E-state index in [1.165, 1.54) is 10.5 Å². The highest BCUT2D eigenvalue weighted by Gasteiger charge is 2.34. The van der Waals surface area contributed by atoms with Crippen molar-refractivity contribution in [2.75, 3.05) is 10.8 Å². The Labute approximate surface area is 150 Å². The molecule has 0 unspecified atom stereocenters. The van der Waals surface area contributed by atoms with Crippen molar-refractivity contribution in [2.24, 2.45) is 0 Å². The zero-order valence-electron chi connectivity index (χ0n) is 14.0. The number of nitrogens with zero attached hydrogens (tertiary/aromatic N) is 3. The summed E-state index contributed by atoms with van der Waals surface area (Å²) in [6.07, 6.45) is 2.74. The number of aromatic nitrogens is 2. The van der Waals surface area contributed by atoms with Crippen LogP contribution in [0, 0.1) is 6.92 Å². The molecule has 24 heavy (non-hydrogen) atoms. The molecule has 1 aliphatic heterocycles. The number of aryl methyl sites for hydroxylation is 1. The predicted octanol–water partition coefficient (Wildman–Crippen LogP) is 3.51. The molecule has 0 spiro atoms. The van der Waals surface area contributed by atoms with Gasteiger partial charge in [-0.1, -0.05) is 15.9 Å². The van der Waals surface area contributed by atoms with Crippen LogP contribution in [0.15, 0.2) is 33.9 Å². The van der Waals surface area contributed by atoms with Gasteiger partial charge >= 0.3 is 0 Å². The monoisotopic (exact) mass is 413 g/mol. The summed E-state index contributed by atoms with van der Waals surface area (Å²) in [7, 11) is -3.70. The number of benzene rings is 1. The first-order valence-electron chi connectivity index (χ1n) is 7.74. The SMILES string of the molecule is Cc1cc2c(cc1Br)N(S(=O)(=O)c1cnn(C(C)C)c1)C[C@H](C)O2. The molecule has 0 radical (unpaired) electrons. The summed E-state index contributed by atoms with van der Waals surface area (Å²) >= 11 is 3.47. The fraction of sp³-hybridized carbons (Fsp3) is 0.438. The van der Waals surface area contributed by atoms with Crippen molar-refractivity contribution in [3.05, 3.63) is 34.6 Å². The molecule has 3 rings (SSSR count). The van der Waals surface area contributed by atoms with Gasteiger partial charge in [-0.25, -0.2) is 8.42 Å². The summed E-state index contributed by atoms with van der Waals surface area (Å²) in [6.45, 7) is 7.97. The van der Waals surface area contributed by atoms with Crippen molar-refractivity contribution in [3.8, 4) is 5.75 Å². The summed E-state index contributed by atoms with van der Waals surface area (Å²) in [5.41, 5.74) is 1.54. The van der Waals surface area contributed by atoms with Gasteiger partial charge in [-0.3, -0.25) is 8.99 Å². The van der Waals surface area contributed by atoms with E-state index in [1.54, 1.807) is 16.9 Å². The van der Waals surface area contributed by atoms with E-state index in [-0.39, 0.29) is 23.6 Å². The lowest BCUT2D eigenvalue weighted by Crippen LogP contribution is -2.42. The van der Waals surface area contributed by atoms with E-state index < -0.39 is 10.0 Å². The zero-order valence-corrected chi connectivity index (χ0v) is 16.4. The number of halogens is 1. The van der Waals surface area contributed by atoms with Gasteiger partial charge in [-0.05, 0) is 45.4 Å². The summed E-state index contributed by atoms with van der Waals surface area (Å²) < 4.78 is 36.0. The Morgan fingerprint density at radius 1 is 1.38 bits per heavy atom. The smallest absolute Gasteiger partial charge is 0.267 e. The average molecular weight is 414 g/mol. The Balaban J connectivity index is 2.10. The van der Waals surface area contributed by atoms with Crippen LogP contribution in [0.1, 0.15) is 32.4 Å². The molecule has 2 aromatic rings. The van der Waals surface area contributed by atoms with E-state index in [4.69, 9.17) is 4.74 Å². The lowest BCUT2D eigenvalue weighted by Gasteiger charge is -2.34. The summed E-state index contributed by atoms with van der Waals surface area (Å²) in [6, 6.07) is 3.75. The molecule has 0 fully saturated rings. The molecule has 1 aromatic heterocycles. The molecule has 0 aliphatic carbocycles. The molecule has 1 aliphatic rings.